The van der Waals surface area contributed by atoms with E-state index in [2.05, 4.69) is 28.0 Å². The molecule has 1 aromatic heterocycles. The third-order valence-corrected chi connectivity index (χ3v) is 4.67. The summed E-state index contributed by atoms with van der Waals surface area (Å²) in [5.41, 5.74) is 3.78. The Hall–Kier alpha value is -0.930. The zero-order valence-electron chi connectivity index (χ0n) is 10.3. The van der Waals surface area contributed by atoms with E-state index in [0.29, 0.717) is 0 Å². The molecule has 1 aliphatic heterocycles. The number of fused-ring (bicyclic) bond motifs is 1. The Kier molecular flexibility index (Phi) is 3.35. The highest BCUT2D eigenvalue weighted by atomic mass is 35.5. The van der Waals surface area contributed by atoms with Gasteiger partial charge in [-0.3, -0.25) is 4.68 Å². The van der Waals surface area contributed by atoms with E-state index in [1.54, 1.807) is 11.8 Å². The lowest BCUT2D eigenvalue weighted by Gasteiger charge is -2.15. The van der Waals surface area contributed by atoms with Crippen LogP contribution in [0.4, 0.5) is 0 Å². The van der Waals surface area contributed by atoms with Crippen LogP contribution in [0.1, 0.15) is 18.5 Å². The van der Waals surface area contributed by atoms with Crippen LogP contribution < -0.4 is 0 Å². The Balaban J connectivity index is 2.04. The largest absolute Gasteiger partial charge is 0.269 e. The molecule has 94 valence electrons. The lowest BCUT2D eigenvalue weighted by atomic mass is 10.0. The molecule has 1 aromatic carbocycles. The predicted octanol–water partition coefficient (Wildman–Crippen LogP) is 4.26. The summed E-state index contributed by atoms with van der Waals surface area (Å²) in [6.07, 6.45) is 7.64. The van der Waals surface area contributed by atoms with Gasteiger partial charge in [-0.25, -0.2) is 0 Å². The Bertz CT molecular complexity index is 577. The first-order valence-electron chi connectivity index (χ1n) is 6.18. The molecule has 2 aromatic rings. The molecule has 18 heavy (non-hydrogen) atoms. The summed E-state index contributed by atoms with van der Waals surface area (Å²) in [5, 5.41) is 5.30. The van der Waals surface area contributed by atoms with Crippen LogP contribution in [0.5, 0.6) is 0 Å². The molecule has 2 nitrogen and oxygen atoms in total. The van der Waals surface area contributed by atoms with E-state index in [1.165, 1.54) is 29.7 Å². The first kappa shape index (κ1) is 12.1. The number of benzene rings is 1. The second-order valence-corrected chi connectivity index (χ2v) is 5.79. The van der Waals surface area contributed by atoms with Crippen molar-refractivity contribution in [3.8, 4) is 11.1 Å². The van der Waals surface area contributed by atoms with Gasteiger partial charge in [0.1, 0.15) is 0 Å². The number of hydrogen-bond acceptors (Lipinski definition) is 2. The summed E-state index contributed by atoms with van der Waals surface area (Å²) in [6, 6.07) is 6.29. The van der Waals surface area contributed by atoms with Crippen LogP contribution in [-0.2, 0) is 13.0 Å². The van der Waals surface area contributed by atoms with E-state index in [9.17, 15) is 0 Å². The second-order valence-electron chi connectivity index (χ2n) is 4.53. The normalized spacial score (nSPS) is 14.6. The van der Waals surface area contributed by atoms with Gasteiger partial charge in [0, 0.05) is 22.7 Å². The maximum Gasteiger partial charge on any atom is 0.0571 e. The molecule has 0 fully saturated rings. The maximum absolute atomic E-state index is 6.28. The molecule has 0 amide bonds. The predicted molar refractivity (Wildman–Crippen MR) is 77.4 cm³/mol. The van der Waals surface area contributed by atoms with Crippen molar-refractivity contribution in [3.63, 3.8) is 0 Å². The molecule has 0 aliphatic carbocycles. The van der Waals surface area contributed by atoms with E-state index in [1.807, 2.05) is 12.5 Å². The van der Waals surface area contributed by atoms with Crippen molar-refractivity contribution in [2.24, 2.45) is 0 Å². The quantitative estimate of drug-likeness (QED) is 0.764. The van der Waals surface area contributed by atoms with E-state index in [0.717, 1.165) is 22.9 Å². The van der Waals surface area contributed by atoms with Crippen LogP contribution in [0.15, 0.2) is 29.3 Å². The van der Waals surface area contributed by atoms with Gasteiger partial charge in [-0.15, -0.1) is 11.8 Å². The van der Waals surface area contributed by atoms with E-state index in [-0.39, 0.29) is 0 Å². The number of rotatable bonds is 2. The minimum Gasteiger partial charge on any atom is -0.269 e. The van der Waals surface area contributed by atoms with Crippen molar-refractivity contribution in [1.82, 2.24) is 9.78 Å². The zero-order chi connectivity index (χ0) is 12.5. The third kappa shape index (κ3) is 2.06. The smallest absolute Gasteiger partial charge is 0.0571 e. The molecule has 3 rings (SSSR count). The fourth-order valence-corrected chi connectivity index (χ4v) is 3.37. The van der Waals surface area contributed by atoms with Crippen LogP contribution in [0.2, 0.25) is 5.02 Å². The first-order chi connectivity index (χ1) is 8.79. The van der Waals surface area contributed by atoms with Gasteiger partial charge in [-0.2, -0.15) is 5.10 Å². The number of thioether (sulfide) groups is 1. The van der Waals surface area contributed by atoms with Gasteiger partial charge in [0.15, 0.2) is 0 Å². The van der Waals surface area contributed by atoms with Crippen LogP contribution in [0.3, 0.4) is 0 Å². The fourth-order valence-electron chi connectivity index (χ4n) is 2.50. The van der Waals surface area contributed by atoms with Gasteiger partial charge in [0.05, 0.1) is 11.2 Å². The molecule has 1 aliphatic rings. The Morgan fingerprint density at radius 3 is 3.00 bits per heavy atom. The lowest BCUT2D eigenvalue weighted by Crippen LogP contribution is -2.11. The fraction of sp³-hybridized carbons (Fsp3) is 0.357. The average molecular weight is 279 g/mol. The number of aryl methyl sites for hydroxylation is 1. The van der Waals surface area contributed by atoms with Crippen molar-refractivity contribution >= 4 is 23.4 Å². The molecule has 0 saturated heterocycles. The van der Waals surface area contributed by atoms with Gasteiger partial charge in [0.25, 0.3) is 0 Å². The summed E-state index contributed by atoms with van der Waals surface area (Å²) in [5.74, 6) is 0. The van der Waals surface area contributed by atoms with Gasteiger partial charge in [-0.1, -0.05) is 17.7 Å². The van der Waals surface area contributed by atoms with Crippen molar-refractivity contribution < 1.29 is 0 Å². The SMILES string of the molecule is CSc1ccc(-c2cnn3c2CCCC3)cc1Cl. The minimum atomic E-state index is 0.829. The van der Waals surface area contributed by atoms with Crippen molar-refractivity contribution in [3.05, 3.63) is 35.1 Å². The molecule has 0 bridgehead atoms. The Morgan fingerprint density at radius 2 is 2.22 bits per heavy atom. The van der Waals surface area contributed by atoms with Crippen LogP contribution >= 0.6 is 23.4 Å². The molecule has 0 N–H and O–H groups in total. The summed E-state index contributed by atoms with van der Waals surface area (Å²) < 4.78 is 2.13. The van der Waals surface area contributed by atoms with Gasteiger partial charge in [-0.05, 0) is 43.2 Å². The molecule has 0 saturated carbocycles. The first-order valence-corrected chi connectivity index (χ1v) is 7.78. The van der Waals surface area contributed by atoms with E-state index < -0.39 is 0 Å². The third-order valence-electron chi connectivity index (χ3n) is 3.44. The van der Waals surface area contributed by atoms with Gasteiger partial charge < -0.3 is 0 Å². The molecule has 2 heterocycles. The van der Waals surface area contributed by atoms with E-state index >= 15 is 0 Å². The second kappa shape index (κ2) is 4.98. The highest BCUT2D eigenvalue weighted by Crippen LogP contribution is 2.33. The average Bonchev–Trinajstić information content (AvgIpc) is 2.82. The Labute approximate surface area is 116 Å². The van der Waals surface area contributed by atoms with Crippen LogP contribution in [-0.4, -0.2) is 16.0 Å². The summed E-state index contributed by atoms with van der Waals surface area (Å²) in [4.78, 5) is 1.13. The standard InChI is InChI=1S/C14H15ClN2S/c1-18-14-6-5-10(8-12(14)15)11-9-16-17-7-3-2-4-13(11)17/h5-6,8-9H,2-4,7H2,1H3. The molecule has 0 unspecified atom stereocenters. The van der Waals surface area contributed by atoms with Crippen molar-refractivity contribution in [2.45, 2.75) is 30.7 Å². The number of nitrogens with zero attached hydrogens (tertiary/aromatic N) is 2. The molecule has 0 atom stereocenters. The molecule has 0 spiro atoms. The monoisotopic (exact) mass is 278 g/mol. The topological polar surface area (TPSA) is 17.8 Å². The number of halogens is 1. The summed E-state index contributed by atoms with van der Waals surface area (Å²) >= 11 is 7.96. The number of aromatic nitrogens is 2. The zero-order valence-corrected chi connectivity index (χ0v) is 11.9. The Morgan fingerprint density at radius 1 is 1.33 bits per heavy atom. The maximum atomic E-state index is 6.28. The molecular weight excluding hydrogens is 264 g/mol. The highest BCUT2D eigenvalue weighted by Gasteiger charge is 2.16. The summed E-state index contributed by atoms with van der Waals surface area (Å²) in [6.45, 7) is 1.05. The summed E-state index contributed by atoms with van der Waals surface area (Å²) in [7, 11) is 0. The number of hydrogen-bond donors (Lipinski definition) is 0. The van der Waals surface area contributed by atoms with E-state index in [4.69, 9.17) is 11.6 Å². The highest BCUT2D eigenvalue weighted by molar-refractivity contribution is 7.98. The van der Waals surface area contributed by atoms with Gasteiger partial charge >= 0.3 is 0 Å². The van der Waals surface area contributed by atoms with Crippen molar-refractivity contribution in [2.75, 3.05) is 6.26 Å². The molecular formula is C14H15ClN2S. The van der Waals surface area contributed by atoms with Crippen LogP contribution in [0, 0.1) is 0 Å². The van der Waals surface area contributed by atoms with Gasteiger partial charge in [0.2, 0.25) is 0 Å². The van der Waals surface area contributed by atoms with Crippen molar-refractivity contribution in [1.29, 1.82) is 0 Å². The minimum absolute atomic E-state index is 0.829. The van der Waals surface area contributed by atoms with Crippen LogP contribution in [0.25, 0.3) is 11.1 Å². The molecule has 4 heteroatoms. The lowest BCUT2D eigenvalue weighted by molar-refractivity contribution is 0.487. The molecule has 0 radical (unpaired) electrons.